The molecular weight excluding hydrogens is 234 g/mol. The normalized spacial score (nSPS) is 17.3. The fourth-order valence-electron chi connectivity index (χ4n) is 2.61. The first kappa shape index (κ1) is 12.1. The number of hydrogen-bond donors (Lipinski definition) is 1. The van der Waals surface area contributed by atoms with Gasteiger partial charge in [0.2, 0.25) is 0 Å². The molecule has 0 saturated heterocycles. The molecule has 1 aliphatic heterocycles. The van der Waals surface area contributed by atoms with Gasteiger partial charge in [-0.25, -0.2) is 0 Å². The van der Waals surface area contributed by atoms with Crippen LogP contribution in [0.5, 0.6) is 5.75 Å². The number of nitrogens with one attached hydrogen (secondary N) is 1. The van der Waals surface area contributed by atoms with Gasteiger partial charge in [0.1, 0.15) is 11.9 Å². The highest BCUT2D eigenvalue weighted by Gasteiger charge is 2.23. The van der Waals surface area contributed by atoms with Crippen LogP contribution in [-0.4, -0.2) is 6.54 Å². The average molecular weight is 253 g/mol. The molecule has 1 aliphatic rings. The predicted octanol–water partition coefficient (Wildman–Crippen LogP) is 4.16. The minimum Gasteiger partial charge on any atom is -0.481 e. The third-order valence-electron chi connectivity index (χ3n) is 3.73. The molecular formula is C17H19NO. The van der Waals surface area contributed by atoms with Crippen LogP contribution in [-0.2, 0) is 0 Å². The van der Waals surface area contributed by atoms with Gasteiger partial charge in [-0.2, -0.15) is 0 Å². The summed E-state index contributed by atoms with van der Waals surface area (Å²) in [7, 11) is 0. The number of anilines is 1. The Morgan fingerprint density at radius 2 is 1.89 bits per heavy atom. The predicted molar refractivity (Wildman–Crippen MR) is 79.0 cm³/mol. The lowest BCUT2D eigenvalue weighted by molar-refractivity contribution is 0.208. The number of rotatable bonds is 1. The van der Waals surface area contributed by atoms with Crippen molar-refractivity contribution in [2.24, 2.45) is 0 Å². The molecule has 0 spiro atoms. The lowest BCUT2D eigenvalue weighted by Crippen LogP contribution is -2.24. The van der Waals surface area contributed by atoms with Crippen LogP contribution in [0.3, 0.4) is 0 Å². The Balaban J connectivity index is 1.97. The monoisotopic (exact) mass is 253 g/mol. The standard InChI is InChI=1S/C17H19NO/c1-11-7-8-12(2)14(9-11)16-10-18-15-6-4-5-13(3)17(15)19-16/h4-9,16,18H,10H2,1-3H3. The van der Waals surface area contributed by atoms with Gasteiger partial charge in [0, 0.05) is 0 Å². The van der Waals surface area contributed by atoms with E-state index in [0.717, 1.165) is 18.0 Å². The third kappa shape index (κ3) is 2.19. The number of aryl methyl sites for hydroxylation is 3. The molecule has 0 aromatic heterocycles. The fourth-order valence-corrected chi connectivity index (χ4v) is 2.61. The lowest BCUT2D eigenvalue weighted by Gasteiger charge is -2.29. The Bertz CT molecular complexity index is 619. The molecule has 1 unspecified atom stereocenters. The molecule has 0 bridgehead atoms. The molecule has 0 saturated carbocycles. The van der Waals surface area contributed by atoms with Crippen LogP contribution in [0.15, 0.2) is 36.4 Å². The van der Waals surface area contributed by atoms with Gasteiger partial charge in [-0.3, -0.25) is 0 Å². The van der Waals surface area contributed by atoms with Gasteiger partial charge in [-0.1, -0.05) is 35.9 Å². The Labute approximate surface area is 114 Å². The molecule has 2 aromatic carbocycles. The molecule has 19 heavy (non-hydrogen) atoms. The maximum absolute atomic E-state index is 6.22. The molecule has 2 nitrogen and oxygen atoms in total. The lowest BCUT2D eigenvalue weighted by atomic mass is 9.99. The zero-order valence-corrected chi connectivity index (χ0v) is 11.7. The Kier molecular flexibility index (Phi) is 2.94. The van der Waals surface area contributed by atoms with E-state index in [0.29, 0.717) is 0 Å². The maximum atomic E-state index is 6.22. The molecule has 1 heterocycles. The van der Waals surface area contributed by atoms with Crippen LogP contribution in [0.25, 0.3) is 0 Å². The van der Waals surface area contributed by atoms with Crippen LogP contribution >= 0.6 is 0 Å². The zero-order chi connectivity index (χ0) is 13.4. The van der Waals surface area contributed by atoms with Crippen molar-refractivity contribution in [2.45, 2.75) is 26.9 Å². The van der Waals surface area contributed by atoms with Crippen molar-refractivity contribution in [1.29, 1.82) is 0 Å². The number of fused-ring (bicyclic) bond motifs is 1. The molecule has 98 valence electrons. The van der Waals surface area contributed by atoms with Gasteiger partial charge in [0.25, 0.3) is 0 Å². The van der Waals surface area contributed by atoms with Gasteiger partial charge < -0.3 is 10.1 Å². The van der Waals surface area contributed by atoms with E-state index in [4.69, 9.17) is 4.74 Å². The van der Waals surface area contributed by atoms with Crippen molar-refractivity contribution < 1.29 is 4.74 Å². The first-order chi connectivity index (χ1) is 9.15. The van der Waals surface area contributed by atoms with E-state index in [1.54, 1.807) is 0 Å². The van der Waals surface area contributed by atoms with Crippen LogP contribution in [0.1, 0.15) is 28.4 Å². The van der Waals surface area contributed by atoms with Crippen molar-refractivity contribution in [3.63, 3.8) is 0 Å². The SMILES string of the molecule is Cc1ccc(C)c(C2CNc3cccc(C)c3O2)c1. The largest absolute Gasteiger partial charge is 0.481 e. The molecule has 2 heteroatoms. The summed E-state index contributed by atoms with van der Waals surface area (Å²) in [5, 5.41) is 3.47. The summed E-state index contributed by atoms with van der Waals surface area (Å²) in [4.78, 5) is 0. The van der Waals surface area contributed by atoms with Gasteiger partial charge in [0.05, 0.1) is 12.2 Å². The highest BCUT2D eigenvalue weighted by molar-refractivity contribution is 5.61. The molecule has 0 fully saturated rings. The third-order valence-corrected chi connectivity index (χ3v) is 3.73. The second-order valence-corrected chi connectivity index (χ2v) is 5.30. The van der Waals surface area contributed by atoms with E-state index >= 15 is 0 Å². The highest BCUT2D eigenvalue weighted by Crippen LogP contribution is 2.37. The smallest absolute Gasteiger partial charge is 0.146 e. The first-order valence-corrected chi connectivity index (χ1v) is 6.72. The van der Waals surface area contributed by atoms with Crippen molar-refractivity contribution in [1.82, 2.24) is 0 Å². The van der Waals surface area contributed by atoms with E-state index in [1.807, 2.05) is 0 Å². The summed E-state index contributed by atoms with van der Waals surface area (Å²) in [6.07, 6.45) is 0.0912. The summed E-state index contributed by atoms with van der Waals surface area (Å²) in [6, 6.07) is 12.8. The molecule has 1 N–H and O–H groups in total. The molecule has 2 aromatic rings. The van der Waals surface area contributed by atoms with Crippen molar-refractivity contribution in [2.75, 3.05) is 11.9 Å². The number of ether oxygens (including phenoxy) is 1. The van der Waals surface area contributed by atoms with Crippen LogP contribution < -0.4 is 10.1 Å². The number of hydrogen-bond acceptors (Lipinski definition) is 2. The Morgan fingerprint density at radius 3 is 2.74 bits per heavy atom. The quantitative estimate of drug-likeness (QED) is 0.824. The van der Waals surface area contributed by atoms with Crippen molar-refractivity contribution >= 4 is 5.69 Å². The van der Waals surface area contributed by atoms with E-state index in [9.17, 15) is 0 Å². The fraction of sp³-hybridized carbons (Fsp3) is 0.294. The average Bonchev–Trinajstić information content (AvgIpc) is 2.42. The minimum absolute atomic E-state index is 0.0912. The summed E-state index contributed by atoms with van der Waals surface area (Å²) >= 11 is 0. The van der Waals surface area contributed by atoms with Crippen molar-refractivity contribution in [3.05, 3.63) is 58.7 Å². The van der Waals surface area contributed by atoms with E-state index < -0.39 is 0 Å². The molecule has 0 aliphatic carbocycles. The minimum atomic E-state index is 0.0912. The summed E-state index contributed by atoms with van der Waals surface area (Å²) < 4.78 is 6.22. The maximum Gasteiger partial charge on any atom is 0.146 e. The zero-order valence-electron chi connectivity index (χ0n) is 11.7. The van der Waals surface area contributed by atoms with E-state index in [2.05, 4.69) is 62.5 Å². The van der Waals surface area contributed by atoms with E-state index in [1.165, 1.54) is 22.3 Å². The topological polar surface area (TPSA) is 21.3 Å². The molecule has 1 atom stereocenters. The molecule has 0 radical (unpaired) electrons. The number of para-hydroxylation sites is 1. The summed E-state index contributed by atoms with van der Waals surface area (Å²) in [6.45, 7) is 7.18. The second-order valence-electron chi connectivity index (χ2n) is 5.30. The van der Waals surface area contributed by atoms with Crippen molar-refractivity contribution in [3.8, 4) is 5.75 Å². The van der Waals surface area contributed by atoms with Gasteiger partial charge >= 0.3 is 0 Å². The van der Waals surface area contributed by atoms with Crippen LogP contribution in [0, 0.1) is 20.8 Å². The number of benzene rings is 2. The van der Waals surface area contributed by atoms with Crippen LogP contribution in [0.2, 0.25) is 0 Å². The second kappa shape index (κ2) is 4.61. The van der Waals surface area contributed by atoms with Crippen LogP contribution in [0.4, 0.5) is 5.69 Å². The highest BCUT2D eigenvalue weighted by atomic mass is 16.5. The summed E-state index contributed by atoms with van der Waals surface area (Å²) in [5.41, 5.74) is 6.12. The van der Waals surface area contributed by atoms with Gasteiger partial charge in [0.15, 0.2) is 0 Å². The molecule has 0 amide bonds. The van der Waals surface area contributed by atoms with Gasteiger partial charge in [-0.05, 0) is 43.5 Å². The van der Waals surface area contributed by atoms with E-state index in [-0.39, 0.29) is 6.10 Å². The summed E-state index contributed by atoms with van der Waals surface area (Å²) in [5.74, 6) is 0.986. The first-order valence-electron chi connectivity index (χ1n) is 6.72. The van der Waals surface area contributed by atoms with Gasteiger partial charge in [-0.15, -0.1) is 0 Å². The Hall–Kier alpha value is -1.96. The molecule has 3 rings (SSSR count). The Morgan fingerprint density at radius 1 is 1.05 bits per heavy atom.